The van der Waals surface area contributed by atoms with Crippen molar-refractivity contribution < 1.29 is 4.79 Å². The molecule has 1 aliphatic rings. The summed E-state index contributed by atoms with van der Waals surface area (Å²) in [6.07, 6.45) is 1.56. The summed E-state index contributed by atoms with van der Waals surface area (Å²) < 4.78 is 1.34. The molecule has 6 heteroatoms. The van der Waals surface area contributed by atoms with Crippen LogP contribution in [0.4, 0.5) is 11.5 Å². The van der Waals surface area contributed by atoms with Crippen LogP contribution in [-0.2, 0) is 11.8 Å². The van der Waals surface area contributed by atoms with Crippen LogP contribution in [0.2, 0.25) is 0 Å². The number of nitrogens with zero attached hydrogens (tertiary/aromatic N) is 3. The Balaban J connectivity index is 1.61. The van der Waals surface area contributed by atoms with Gasteiger partial charge in [-0.2, -0.15) is 5.10 Å². The van der Waals surface area contributed by atoms with Crippen molar-refractivity contribution in [3.8, 4) is 0 Å². The van der Waals surface area contributed by atoms with E-state index in [0.717, 1.165) is 43.0 Å². The third kappa shape index (κ3) is 3.73. The minimum absolute atomic E-state index is 0.00342. The number of hydrogen-bond donors (Lipinski definition) is 1. The van der Waals surface area contributed by atoms with Crippen LogP contribution in [0.5, 0.6) is 0 Å². The van der Waals surface area contributed by atoms with Crippen molar-refractivity contribution in [2.75, 3.05) is 23.3 Å². The molecule has 0 saturated carbocycles. The van der Waals surface area contributed by atoms with Crippen LogP contribution in [0.1, 0.15) is 24.0 Å². The predicted molar refractivity (Wildman–Crippen MR) is 99.0 cm³/mol. The molecule has 3 rings (SSSR count). The van der Waals surface area contributed by atoms with Crippen molar-refractivity contribution in [2.24, 2.45) is 13.0 Å². The normalized spacial score (nSPS) is 15.2. The number of aryl methyl sites for hydroxylation is 2. The zero-order valence-corrected chi connectivity index (χ0v) is 15.0. The second kappa shape index (κ2) is 7.09. The fourth-order valence-electron chi connectivity index (χ4n) is 3.15. The molecule has 2 heterocycles. The molecule has 1 aromatic carbocycles. The van der Waals surface area contributed by atoms with Gasteiger partial charge in [-0.25, -0.2) is 4.68 Å². The zero-order valence-electron chi connectivity index (χ0n) is 15.0. The van der Waals surface area contributed by atoms with Gasteiger partial charge in [0.25, 0.3) is 5.56 Å². The first-order valence-corrected chi connectivity index (χ1v) is 8.62. The van der Waals surface area contributed by atoms with Gasteiger partial charge in [-0.3, -0.25) is 9.59 Å². The predicted octanol–water partition coefficient (Wildman–Crippen LogP) is 2.25. The van der Waals surface area contributed by atoms with Crippen LogP contribution >= 0.6 is 0 Å². The summed E-state index contributed by atoms with van der Waals surface area (Å²) in [7, 11) is 1.65. The van der Waals surface area contributed by atoms with E-state index < -0.39 is 0 Å². The average Bonchev–Trinajstić information content (AvgIpc) is 2.61. The van der Waals surface area contributed by atoms with Gasteiger partial charge in [-0.15, -0.1) is 0 Å². The first-order valence-electron chi connectivity index (χ1n) is 8.62. The number of benzene rings is 1. The van der Waals surface area contributed by atoms with E-state index in [-0.39, 0.29) is 17.4 Å². The minimum Gasteiger partial charge on any atom is -0.355 e. The van der Waals surface area contributed by atoms with Crippen molar-refractivity contribution in [1.82, 2.24) is 9.78 Å². The molecular weight excluding hydrogens is 316 g/mol. The Bertz CT molecular complexity index is 836. The molecule has 0 aliphatic carbocycles. The zero-order chi connectivity index (χ0) is 18.0. The Hall–Kier alpha value is -2.63. The van der Waals surface area contributed by atoms with Gasteiger partial charge in [0.1, 0.15) is 5.82 Å². The Kier molecular flexibility index (Phi) is 4.88. The van der Waals surface area contributed by atoms with Gasteiger partial charge >= 0.3 is 0 Å². The van der Waals surface area contributed by atoms with E-state index in [1.165, 1.54) is 16.3 Å². The van der Waals surface area contributed by atoms with E-state index in [1.807, 2.05) is 32.0 Å². The number of anilines is 2. The lowest BCUT2D eigenvalue weighted by atomic mass is 9.95. The van der Waals surface area contributed by atoms with E-state index in [4.69, 9.17) is 0 Å². The van der Waals surface area contributed by atoms with Crippen LogP contribution in [0, 0.1) is 19.8 Å². The summed E-state index contributed by atoms with van der Waals surface area (Å²) in [4.78, 5) is 26.2. The Labute approximate surface area is 147 Å². The number of piperidine rings is 1. The van der Waals surface area contributed by atoms with E-state index in [0.29, 0.717) is 0 Å². The van der Waals surface area contributed by atoms with Gasteiger partial charge < -0.3 is 10.2 Å². The summed E-state index contributed by atoms with van der Waals surface area (Å²) in [6, 6.07) is 9.24. The van der Waals surface area contributed by atoms with E-state index in [1.54, 1.807) is 13.1 Å². The number of amides is 1. The molecule has 25 heavy (non-hydrogen) atoms. The van der Waals surface area contributed by atoms with E-state index in [9.17, 15) is 9.59 Å². The lowest BCUT2D eigenvalue weighted by Crippen LogP contribution is -2.39. The maximum Gasteiger partial charge on any atom is 0.266 e. The van der Waals surface area contributed by atoms with Gasteiger partial charge in [-0.05, 0) is 49.9 Å². The van der Waals surface area contributed by atoms with Crippen LogP contribution in [-0.4, -0.2) is 28.8 Å². The second-order valence-corrected chi connectivity index (χ2v) is 6.65. The Morgan fingerprint density at radius 2 is 1.88 bits per heavy atom. The summed E-state index contributed by atoms with van der Waals surface area (Å²) in [6.45, 7) is 5.59. The molecule has 0 spiro atoms. The third-order valence-electron chi connectivity index (χ3n) is 5.00. The number of hydrogen-bond acceptors (Lipinski definition) is 4. The molecule has 2 aromatic rings. The second-order valence-electron chi connectivity index (χ2n) is 6.65. The van der Waals surface area contributed by atoms with Crippen LogP contribution in [0.3, 0.4) is 0 Å². The largest absolute Gasteiger partial charge is 0.355 e. The fraction of sp³-hybridized carbons (Fsp3) is 0.421. The van der Waals surface area contributed by atoms with Gasteiger partial charge in [-0.1, -0.05) is 12.1 Å². The number of carbonyl (C=O) groups is 1. The molecule has 0 atom stereocenters. The molecule has 0 unspecified atom stereocenters. The Morgan fingerprint density at radius 1 is 1.16 bits per heavy atom. The number of carbonyl (C=O) groups excluding carboxylic acids is 1. The smallest absolute Gasteiger partial charge is 0.266 e. The molecule has 0 bridgehead atoms. The fourth-order valence-corrected chi connectivity index (χ4v) is 3.15. The molecule has 1 amide bonds. The average molecular weight is 340 g/mol. The number of rotatable bonds is 3. The van der Waals surface area contributed by atoms with E-state index >= 15 is 0 Å². The lowest BCUT2D eigenvalue weighted by Gasteiger charge is -2.32. The van der Waals surface area contributed by atoms with Crippen molar-refractivity contribution in [3.05, 3.63) is 51.8 Å². The summed E-state index contributed by atoms with van der Waals surface area (Å²) in [5, 5.41) is 7.36. The maximum absolute atomic E-state index is 12.6. The maximum atomic E-state index is 12.6. The Morgan fingerprint density at radius 3 is 2.56 bits per heavy atom. The van der Waals surface area contributed by atoms with Crippen LogP contribution < -0.4 is 15.8 Å². The van der Waals surface area contributed by atoms with Crippen LogP contribution in [0.25, 0.3) is 0 Å². The highest BCUT2D eigenvalue weighted by Gasteiger charge is 2.26. The first kappa shape index (κ1) is 17.2. The van der Waals surface area contributed by atoms with Gasteiger partial charge in [0, 0.05) is 37.8 Å². The molecule has 1 saturated heterocycles. The van der Waals surface area contributed by atoms with Gasteiger partial charge in [0.2, 0.25) is 5.91 Å². The molecular formula is C19H24N4O2. The topological polar surface area (TPSA) is 67.2 Å². The lowest BCUT2D eigenvalue weighted by molar-refractivity contribution is -0.120. The highest BCUT2D eigenvalue weighted by molar-refractivity contribution is 5.93. The van der Waals surface area contributed by atoms with Crippen molar-refractivity contribution in [3.63, 3.8) is 0 Å². The van der Waals surface area contributed by atoms with Crippen LogP contribution in [0.15, 0.2) is 35.1 Å². The molecule has 1 N–H and O–H groups in total. The monoisotopic (exact) mass is 340 g/mol. The standard InChI is InChI=1S/C19H24N4O2/c1-13-5-4-6-16(14(13)2)20-19(25)15-9-11-23(12-10-15)17-7-8-18(24)22(3)21-17/h4-8,15H,9-12H2,1-3H3,(H,20,25). The third-order valence-corrected chi connectivity index (χ3v) is 5.00. The summed E-state index contributed by atoms with van der Waals surface area (Å²) in [5.41, 5.74) is 3.06. The summed E-state index contributed by atoms with van der Waals surface area (Å²) in [5.74, 6) is 0.876. The van der Waals surface area contributed by atoms with Gasteiger partial charge in [0.15, 0.2) is 0 Å². The molecule has 0 radical (unpaired) electrons. The number of aromatic nitrogens is 2. The van der Waals surface area contributed by atoms with E-state index in [2.05, 4.69) is 15.3 Å². The molecule has 6 nitrogen and oxygen atoms in total. The molecule has 1 aliphatic heterocycles. The van der Waals surface area contributed by atoms with Crippen molar-refractivity contribution in [2.45, 2.75) is 26.7 Å². The quantitative estimate of drug-likeness (QED) is 0.931. The minimum atomic E-state index is -0.119. The number of nitrogens with one attached hydrogen (secondary N) is 1. The molecule has 1 fully saturated rings. The molecule has 132 valence electrons. The first-order chi connectivity index (χ1) is 12.0. The highest BCUT2D eigenvalue weighted by Crippen LogP contribution is 2.24. The van der Waals surface area contributed by atoms with Crippen molar-refractivity contribution in [1.29, 1.82) is 0 Å². The highest BCUT2D eigenvalue weighted by atomic mass is 16.2. The summed E-state index contributed by atoms with van der Waals surface area (Å²) >= 11 is 0. The van der Waals surface area contributed by atoms with Crippen molar-refractivity contribution >= 4 is 17.4 Å². The SMILES string of the molecule is Cc1cccc(NC(=O)C2CCN(c3ccc(=O)n(C)n3)CC2)c1C. The molecule has 1 aromatic heterocycles. The van der Waals surface area contributed by atoms with Gasteiger partial charge in [0.05, 0.1) is 0 Å².